The minimum atomic E-state index is -1.89. The van der Waals surface area contributed by atoms with E-state index in [1.165, 1.54) is 0 Å². The van der Waals surface area contributed by atoms with E-state index in [4.69, 9.17) is 18.9 Å². The van der Waals surface area contributed by atoms with Gasteiger partial charge in [-0.15, -0.1) is 0 Å². The number of hydrogen-bond acceptors (Lipinski definition) is 10. The van der Waals surface area contributed by atoms with Crippen LogP contribution in [0.4, 0.5) is 0 Å². The second-order valence-electron chi connectivity index (χ2n) is 14.8. The van der Waals surface area contributed by atoms with E-state index in [1.54, 1.807) is 0 Å². The molecule has 0 aromatic heterocycles. The van der Waals surface area contributed by atoms with Crippen LogP contribution < -0.4 is 0 Å². The third kappa shape index (κ3) is 31.9. The van der Waals surface area contributed by atoms with Crippen molar-refractivity contribution < 1.29 is 53.8 Å². The summed E-state index contributed by atoms with van der Waals surface area (Å²) in [6.45, 7) is 3.43. The van der Waals surface area contributed by atoms with E-state index < -0.39 is 61.3 Å². The molecular weight excluding hydrogens is 813 g/mol. The van der Waals surface area contributed by atoms with Crippen molar-refractivity contribution in [2.45, 2.75) is 153 Å². The maximum atomic E-state index is 12.8. The van der Waals surface area contributed by atoms with Gasteiger partial charge < -0.3 is 39.4 Å². The topological polar surface area (TPSA) is 169 Å². The molecule has 0 aromatic rings. The molecule has 1 saturated heterocycles. The van der Waals surface area contributed by atoms with E-state index in [1.807, 2.05) is 30.4 Å². The molecule has 0 spiro atoms. The first-order valence-electron chi connectivity index (χ1n) is 22.9. The first-order valence-corrected chi connectivity index (χ1v) is 22.9. The number of carboxylic acids is 1. The highest BCUT2D eigenvalue weighted by molar-refractivity contribution is 5.73. The van der Waals surface area contributed by atoms with Gasteiger partial charge in [-0.2, -0.15) is 0 Å². The average Bonchev–Trinajstić information content (AvgIpc) is 3.28. The lowest BCUT2D eigenvalue weighted by Gasteiger charge is -2.38. The number of carboxylic acid groups (broad SMARTS) is 1. The number of aliphatic hydroxyl groups is 3. The van der Waals surface area contributed by atoms with Gasteiger partial charge in [0.2, 0.25) is 0 Å². The smallest absolute Gasteiger partial charge is 0.335 e. The predicted molar refractivity (Wildman–Crippen MR) is 256 cm³/mol. The summed E-state index contributed by atoms with van der Waals surface area (Å²) >= 11 is 0. The molecule has 0 aromatic carbocycles. The predicted octanol–water partition coefficient (Wildman–Crippen LogP) is 10.3. The Morgan fingerprint density at radius 1 is 0.469 bits per heavy atom. The molecule has 11 nitrogen and oxygen atoms in total. The third-order valence-electron chi connectivity index (χ3n) is 9.21. The van der Waals surface area contributed by atoms with Crippen molar-refractivity contribution in [3.63, 3.8) is 0 Å². The van der Waals surface area contributed by atoms with E-state index in [0.717, 1.165) is 70.6 Å². The van der Waals surface area contributed by atoms with Gasteiger partial charge in [-0.3, -0.25) is 9.59 Å². The second-order valence-corrected chi connectivity index (χ2v) is 14.8. The molecule has 0 aliphatic carbocycles. The van der Waals surface area contributed by atoms with Gasteiger partial charge in [-0.1, -0.05) is 160 Å². The summed E-state index contributed by atoms with van der Waals surface area (Å²) in [6.07, 6.45) is 52.0. The summed E-state index contributed by atoms with van der Waals surface area (Å²) < 4.78 is 21.6. The van der Waals surface area contributed by atoms with Crippen LogP contribution in [0.25, 0.3) is 0 Å². The zero-order chi connectivity index (χ0) is 46.7. The number of ether oxygens (including phenoxy) is 4. The lowest BCUT2D eigenvalue weighted by atomic mass is 9.99. The van der Waals surface area contributed by atoms with E-state index in [9.17, 15) is 34.8 Å². The minimum Gasteiger partial charge on any atom is -0.479 e. The van der Waals surface area contributed by atoms with Crippen LogP contribution in [-0.4, -0.2) is 88.4 Å². The molecule has 4 N–H and O–H groups in total. The summed E-state index contributed by atoms with van der Waals surface area (Å²) in [7, 11) is 0. The number of allylic oxidation sites excluding steroid dienone is 24. The molecule has 0 radical (unpaired) electrons. The van der Waals surface area contributed by atoms with Crippen molar-refractivity contribution in [2.24, 2.45) is 0 Å². The van der Waals surface area contributed by atoms with Gasteiger partial charge in [0.05, 0.1) is 6.61 Å². The molecule has 6 unspecified atom stereocenters. The van der Waals surface area contributed by atoms with Gasteiger partial charge in [0.1, 0.15) is 24.9 Å². The van der Waals surface area contributed by atoms with Gasteiger partial charge in [0.15, 0.2) is 18.5 Å². The van der Waals surface area contributed by atoms with Gasteiger partial charge in [-0.05, 0) is 89.9 Å². The fourth-order valence-corrected chi connectivity index (χ4v) is 5.69. The molecule has 1 rings (SSSR count). The zero-order valence-corrected chi connectivity index (χ0v) is 38.2. The molecular formula is C53H76O11. The second kappa shape index (κ2) is 40.8. The highest BCUT2D eigenvalue weighted by Gasteiger charge is 2.47. The molecule has 0 saturated carbocycles. The van der Waals surface area contributed by atoms with E-state index >= 15 is 0 Å². The largest absolute Gasteiger partial charge is 0.479 e. The van der Waals surface area contributed by atoms with Crippen LogP contribution in [0.15, 0.2) is 146 Å². The first-order chi connectivity index (χ1) is 31.2. The summed E-state index contributed by atoms with van der Waals surface area (Å²) in [5.41, 5.74) is 0. The van der Waals surface area contributed by atoms with E-state index in [2.05, 4.69) is 129 Å². The molecule has 11 heteroatoms. The van der Waals surface area contributed by atoms with E-state index in [0.29, 0.717) is 19.3 Å². The Morgan fingerprint density at radius 3 is 1.17 bits per heavy atom. The fraction of sp³-hybridized carbons (Fsp3) is 0.491. The number of carbonyl (C=O) groups excluding carboxylic acids is 2. The standard InChI is InChI=1S/C53H76O11/c1-3-5-7-9-11-13-15-17-19-21-23-25-27-29-31-33-35-37-39-41-46(54)61-43-45(44-62-53-50(58)48(56)49(57)51(64-53)52(59)60)63-47(55)42-40-38-36-34-32-30-28-26-24-22-20-18-16-14-12-10-8-6-4-2/h5-8,11-14,17-20,23-26,29-32,35-38,45,48-51,53,56-58H,3-4,9-10,15-16,21-22,27-28,33-34,39-44H2,1-2H3,(H,59,60)/b7-5-,8-6-,13-11-,14-12-,19-17-,20-18-,25-23-,26-24-,31-29-,32-30-,37-35-,38-36-. The van der Waals surface area contributed by atoms with Crippen molar-refractivity contribution in [3.8, 4) is 0 Å². The molecule has 1 aliphatic heterocycles. The molecule has 0 amide bonds. The van der Waals surface area contributed by atoms with Crippen molar-refractivity contribution in [3.05, 3.63) is 146 Å². The summed E-state index contributed by atoms with van der Waals surface area (Å²) in [5, 5.41) is 39.8. The van der Waals surface area contributed by atoms with Crippen LogP contribution in [0.3, 0.4) is 0 Å². The summed E-state index contributed by atoms with van der Waals surface area (Å²) in [5.74, 6) is -2.69. The Hall–Kier alpha value is -4.91. The number of carbonyl (C=O) groups is 3. The Bertz CT molecular complexity index is 1610. The van der Waals surface area contributed by atoms with Crippen molar-refractivity contribution in [1.82, 2.24) is 0 Å². The van der Waals surface area contributed by atoms with Gasteiger partial charge in [0, 0.05) is 12.8 Å². The summed E-state index contributed by atoms with van der Waals surface area (Å²) in [6, 6.07) is 0. The molecule has 354 valence electrons. The molecule has 6 atom stereocenters. The average molecular weight is 889 g/mol. The quantitative estimate of drug-likeness (QED) is 0.0353. The van der Waals surface area contributed by atoms with Gasteiger partial charge in [0.25, 0.3) is 0 Å². The number of hydrogen-bond donors (Lipinski definition) is 4. The van der Waals surface area contributed by atoms with Gasteiger partial charge in [-0.25, -0.2) is 4.79 Å². The van der Waals surface area contributed by atoms with Gasteiger partial charge >= 0.3 is 17.9 Å². The maximum Gasteiger partial charge on any atom is 0.335 e. The highest BCUT2D eigenvalue weighted by atomic mass is 16.7. The highest BCUT2D eigenvalue weighted by Crippen LogP contribution is 2.23. The van der Waals surface area contributed by atoms with Crippen molar-refractivity contribution >= 4 is 17.9 Å². The number of aliphatic hydroxyl groups excluding tert-OH is 3. The minimum absolute atomic E-state index is 0.0316. The van der Waals surface area contributed by atoms with Crippen LogP contribution in [0.1, 0.15) is 117 Å². The molecule has 64 heavy (non-hydrogen) atoms. The van der Waals surface area contributed by atoms with Crippen molar-refractivity contribution in [1.29, 1.82) is 0 Å². The normalized spacial score (nSPS) is 20.7. The van der Waals surface area contributed by atoms with Crippen LogP contribution in [0.5, 0.6) is 0 Å². The number of esters is 2. The Kier molecular flexibility index (Phi) is 36.4. The molecule has 0 bridgehead atoms. The third-order valence-corrected chi connectivity index (χ3v) is 9.21. The number of aliphatic carboxylic acids is 1. The van der Waals surface area contributed by atoms with Crippen LogP contribution in [0.2, 0.25) is 0 Å². The zero-order valence-electron chi connectivity index (χ0n) is 38.2. The monoisotopic (exact) mass is 889 g/mol. The Morgan fingerprint density at radius 2 is 0.812 bits per heavy atom. The van der Waals surface area contributed by atoms with Crippen LogP contribution in [0, 0.1) is 0 Å². The SMILES string of the molecule is CC/C=C\C/C=C\C/C=C\C/C=C\C/C=C\C/C=C\CCC(=O)OCC(COC1OC(C(=O)O)C(O)C(O)C1O)OC(=O)CC/C=C\C/C=C\C/C=C\C/C=C\C/C=C\C/C=C\CC. The van der Waals surface area contributed by atoms with E-state index in [-0.39, 0.29) is 19.4 Å². The lowest BCUT2D eigenvalue weighted by molar-refractivity contribution is -0.298. The number of rotatable bonds is 35. The van der Waals surface area contributed by atoms with Crippen LogP contribution in [-0.2, 0) is 33.3 Å². The fourth-order valence-electron chi connectivity index (χ4n) is 5.69. The maximum absolute atomic E-state index is 12.8. The first kappa shape index (κ1) is 57.1. The van der Waals surface area contributed by atoms with Crippen LogP contribution >= 0.6 is 0 Å². The molecule has 1 aliphatic rings. The Balaban J connectivity index is 2.49. The summed E-state index contributed by atoms with van der Waals surface area (Å²) in [4.78, 5) is 36.8. The van der Waals surface area contributed by atoms with Crippen molar-refractivity contribution in [2.75, 3.05) is 13.2 Å². The lowest BCUT2D eigenvalue weighted by Crippen LogP contribution is -2.60. The Labute approximate surface area is 383 Å². The molecule has 1 fully saturated rings. The molecule has 1 heterocycles.